The first-order valence-corrected chi connectivity index (χ1v) is 10.2. The van der Waals surface area contributed by atoms with E-state index in [0.29, 0.717) is 4.88 Å². The van der Waals surface area contributed by atoms with Gasteiger partial charge in [0.15, 0.2) is 6.10 Å². The summed E-state index contributed by atoms with van der Waals surface area (Å²) in [6.07, 6.45) is 0.607. The molecule has 2 N–H and O–H groups in total. The second kappa shape index (κ2) is 8.65. The number of benzene rings is 1. The standard InChI is InChI=1S/C21H24N2O5S/c1-11(2)22-21(26)23-19(24)12(3)28-20(25)17-10-14-6-5-13-9-15(27-4)7-8-16(13)18(14)29-17/h7-12H,5-6H2,1-4H3,(H2,22,23,24,26)/t12-/m1/s1. The van der Waals surface area contributed by atoms with E-state index < -0.39 is 24.0 Å². The fourth-order valence-electron chi connectivity index (χ4n) is 3.12. The third kappa shape index (κ3) is 4.76. The van der Waals surface area contributed by atoms with Crippen molar-refractivity contribution in [3.63, 3.8) is 0 Å². The number of amides is 3. The minimum atomic E-state index is -1.09. The van der Waals surface area contributed by atoms with Gasteiger partial charge in [0.1, 0.15) is 10.6 Å². The Morgan fingerprint density at radius 3 is 2.48 bits per heavy atom. The van der Waals surface area contributed by atoms with E-state index in [0.717, 1.165) is 34.6 Å². The maximum Gasteiger partial charge on any atom is 0.349 e. The molecule has 0 aliphatic heterocycles. The first kappa shape index (κ1) is 20.9. The van der Waals surface area contributed by atoms with Crippen molar-refractivity contribution in [2.24, 2.45) is 0 Å². The minimum Gasteiger partial charge on any atom is -0.497 e. The van der Waals surface area contributed by atoms with Gasteiger partial charge < -0.3 is 14.8 Å². The van der Waals surface area contributed by atoms with Crippen LogP contribution in [0.4, 0.5) is 4.79 Å². The van der Waals surface area contributed by atoms with Crippen LogP contribution in [0.1, 0.15) is 41.6 Å². The Morgan fingerprint density at radius 2 is 1.79 bits per heavy atom. The number of carbonyl (C=O) groups excluding carboxylic acids is 3. The number of fused-ring (bicyclic) bond motifs is 3. The minimum absolute atomic E-state index is 0.110. The summed E-state index contributed by atoms with van der Waals surface area (Å²) in [7, 11) is 1.64. The highest BCUT2D eigenvalue weighted by Gasteiger charge is 2.25. The molecule has 0 saturated heterocycles. The molecule has 1 aromatic carbocycles. The van der Waals surface area contributed by atoms with Crippen molar-refractivity contribution in [2.45, 2.75) is 45.8 Å². The average molecular weight is 416 g/mol. The van der Waals surface area contributed by atoms with E-state index in [1.165, 1.54) is 23.8 Å². The fourth-order valence-corrected chi connectivity index (χ4v) is 4.28. The second-order valence-corrected chi connectivity index (χ2v) is 8.21. The van der Waals surface area contributed by atoms with Crippen LogP contribution in [-0.4, -0.2) is 37.2 Å². The number of esters is 1. The molecule has 0 saturated carbocycles. The molecule has 2 aromatic rings. The fraction of sp³-hybridized carbons (Fsp3) is 0.381. The van der Waals surface area contributed by atoms with Crippen LogP contribution in [0.2, 0.25) is 0 Å². The van der Waals surface area contributed by atoms with Gasteiger partial charge in [-0.2, -0.15) is 0 Å². The van der Waals surface area contributed by atoms with Gasteiger partial charge in [0.25, 0.3) is 5.91 Å². The third-order valence-corrected chi connectivity index (χ3v) is 5.73. The number of carbonyl (C=O) groups is 3. The Kier molecular flexibility index (Phi) is 6.22. The molecule has 0 spiro atoms. The number of ether oxygens (including phenoxy) is 2. The summed E-state index contributed by atoms with van der Waals surface area (Å²) in [5.74, 6) is -0.439. The van der Waals surface area contributed by atoms with Gasteiger partial charge in [-0.3, -0.25) is 10.1 Å². The second-order valence-electron chi connectivity index (χ2n) is 7.15. The van der Waals surface area contributed by atoms with Gasteiger partial charge in [-0.1, -0.05) is 0 Å². The molecule has 154 valence electrons. The molecule has 0 radical (unpaired) electrons. The molecular weight excluding hydrogens is 392 g/mol. The number of thiophene rings is 1. The molecule has 1 aromatic heterocycles. The van der Waals surface area contributed by atoms with E-state index in [1.54, 1.807) is 21.0 Å². The smallest absolute Gasteiger partial charge is 0.349 e. The van der Waals surface area contributed by atoms with E-state index in [1.807, 2.05) is 24.3 Å². The molecule has 0 fully saturated rings. The number of methoxy groups -OCH3 is 1. The first-order chi connectivity index (χ1) is 13.8. The molecule has 1 heterocycles. The lowest BCUT2D eigenvalue weighted by molar-refractivity contribution is -0.127. The largest absolute Gasteiger partial charge is 0.497 e. The highest BCUT2D eigenvalue weighted by Crippen LogP contribution is 2.41. The van der Waals surface area contributed by atoms with Gasteiger partial charge in [-0.15, -0.1) is 11.3 Å². The molecule has 0 bridgehead atoms. The predicted molar refractivity (Wildman–Crippen MR) is 110 cm³/mol. The van der Waals surface area contributed by atoms with E-state index in [9.17, 15) is 14.4 Å². The van der Waals surface area contributed by atoms with Crippen LogP contribution in [0, 0.1) is 0 Å². The molecule has 1 aliphatic carbocycles. The van der Waals surface area contributed by atoms with E-state index in [4.69, 9.17) is 9.47 Å². The summed E-state index contributed by atoms with van der Waals surface area (Å²) in [6, 6.07) is 7.02. The third-order valence-electron chi connectivity index (χ3n) is 4.54. The molecule has 0 unspecified atom stereocenters. The predicted octanol–water partition coefficient (Wildman–Crippen LogP) is 3.30. The lowest BCUT2D eigenvalue weighted by Crippen LogP contribution is -2.46. The summed E-state index contributed by atoms with van der Waals surface area (Å²) in [5, 5.41) is 4.71. The summed E-state index contributed by atoms with van der Waals surface area (Å²) in [5.41, 5.74) is 3.36. The molecule has 1 aliphatic rings. The number of nitrogens with one attached hydrogen (secondary N) is 2. The Balaban J connectivity index is 1.69. The summed E-state index contributed by atoms with van der Waals surface area (Å²) >= 11 is 1.35. The van der Waals surface area contributed by atoms with Gasteiger partial charge >= 0.3 is 12.0 Å². The van der Waals surface area contributed by atoms with Crippen LogP contribution in [0.25, 0.3) is 10.4 Å². The van der Waals surface area contributed by atoms with E-state index >= 15 is 0 Å². The highest BCUT2D eigenvalue weighted by atomic mass is 32.1. The molecular formula is C21H24N2O5S. The maximum atomic E-state index is 12.5. The summed E-state index contributed by atoms with van der Waals surface area (Å²) in [6.45, 7) is 4.99. The quantitative estimate of drug-likeness (QED) is 0.730. The Morgan fingerprint density at radius 1 is 1.07 bits per heavy atom. The Labute approximate surface area is 173 Å². The number of hydrogen-bond acceptors (Lipinski definition) is 6. The molecule has 7 nitrogen and oxygen atoms in total. The van der Waals surface area contributed by atoms with Crippen LogP contribution >= 0.6 is 11.3 Å². The maximum absolute atomic E-state index is 12.5. The van der Waals surface area contributed by atoms with Crippen LogP contribution in [0.3, 0.4) is 0 Å². The molecule has 29 heavy (non-hydrogen) atoms. The van der Waals surface area contributed by atoms with Gasteiger partial charge in [-0.25, -0.2) is 9.59 Å². The lowest BCUT2D eigenvalue weighted by atomic mass is 9.91. The zero-order chi connectivity index (χ0) is 21.1. The van der Waals surface area contributed by atoms with Crippen LogP contribution in [-0.2, 0) is 22.4 Å². The van der Waals surface area contributed by atoms with Gasteiger partial charge in [0.05, 0.1) is 7.11 Å². The van der Waals surface area contributed by atoms with Gasteiger partial charge in [0.2, 0.25) is 0 Å². The van der Waals surface area contributed by atoms with Crippen molar-refractivity contribution in [3.05, 3.63) is 40.3 Å². The number of imide groups is 1. The highest BCUT2D eigenvalue weighted by molar-refractivity contribution is 7.17. The number of hydrogen-bond donors (Lipinski definition) is 2. The summed E-state index contributed by atoms with van der Waals surface area (Å²) in [4.78, 5) is 37.7. The van der Waals surface area contributed by atoms with Crippen molar-refractivity contribution in [1.29, 1.82) is 0 Å². The summed E-state index contributed by atoms with van der Waals surface area (Å²) < 4.78 is 10.6. The van der Waals surface area contributed by atoms with Crippen LogP contribution in [0.5, 0.6) is 5.75 Å². The SMILES string of the molecule is COc1ccc2c(c1)CCc1cc(C(=O)O[C@H](C)C(=O)NC(=O)NC(C)C)sc1-2. The normalized spacial score (nSPS) is 13.1. The first-order valence-electron chi connectivity index (χ1n) is 9.40. The van der Waals surface area contributed by atoms with Crippen molar-refractivity contribution in [1.82, 2.24) is 10.6 Å². The number of urea groups is 1. The lowest BCUT2D eigenvalue weighted by Gasteiger charge is -2.16. The monoisotopic (exact) mass is 416 g/mol. The van der Waals surface area contributed by atoms with Crippen molar-refractivity contribution < 1.29 is 23.9 Å². The van der Waals surface area contributed by atoms with Crippen molar-refractivity contribution in [3.8, 4) is 16.2 Å². The zero-order valence-electron chi connectivity index (χ0n) is 16.8. The Hall–Kier alpha value is -2.87. The van der Waals surface area contributed by atoms with Crippen molar-refractivity contribution >= 4 is 29.2 Å². The topological polar surface area (TPSA) is 93.7 Å². The van der Waals surface area contributed by atoms with Gasteiger partial charge in [0, 0.05) is 10.9 Å². The number of rotatable bonds is 5. The van der Waals surface area contributed by atoms with Crippen molar-refractivity contribution in [2.75, 3.05) is 7.11 Å². The van der Waals surface area contributed by atoms with E-state index in [-0.39, 0.29) is 6.04 Å². The zero-order valence-corrected chi connectivity index (χ0v) is 17.6. The van der Waals surface area contributed by atoms with Crippen LogP contribution in [0.15, 0.2) is 24.3 Å². The molecule has 1 atom stereocenters. The molecule has 3 rings (SSSR count). The Bertz CT molecular complexity index is 951. The molecule has 8 heteroatoms. The van der Waals surface area contributed by atoms with Gasteiger partial charge in [-0.05, 0) is 74.6 Å². The average Bonchev–Trinajstić information content (AvgIpc) is 3.11. The van der Waals surface area contributed by atoms with E-state index in [2.05, 4.69) is 10.6 Å². The molecule has 3 amide bonds. The van der Waals surface area contributed by atoms with Crippen LogP contribution < -0.4 is 15.4 Å². The number of aryl methyl sites for hydroxylation is 2.